The Morgan fingerprint density at radius 1 is 1.08 bits per heavy atom. The average molecular weight is 329 g/mol. The van der Waals surface area contributed by atoms with Crippen molar-refractivity contribution in [1.29, 1.82) is 0 Å². The van der Waals surface area contributed by atoms with Crippen molar-refractivity contribution in [3.05, 3.63) is 29.3 Å². The second-order valence-corrected chi connectivity index (χ2v) is 7.98. The Hall–Kier alpha value is -1.06. The molecular weight excluding hydrogens is 296 g/mol. The molecule has 0 spiro atoms. The van der Waals surface area contributed by atoms with Crippen molar-refractivity contribution in [2.75, 3.05) is 32.8 Å². The Morgan fingerprint density at radius 2 is 1.96 bits per heavy atom. The van der Waals surface area contributed by atoms with E-state index in [0.29, 0.717) is 0 Å². The summed E-state index contributed by atoms with van der Waals surface area (Å²) in [5.41, 5.74) is 3.09. The van der Waals surface area contributed by atoms with Crippen LogP contribution in [0.5, 0.6) is 5.75 Å². The first-order chi connectivity index (χ1) is 11.9. The van der Waals surface area contributed by atoms with Crippen molar-refractivity contribution in [3.63, 3.8) is 0 Å². The fourth-order valence-corrected chi connectivity index (χ4v) is 4.24. The molecule has 2 aliphatic carbocycles. The maximum Gasteiger partial charge on any atom is 0.119 e. The van der Waals surface area contributed by atoms with Crippen LogP contribution in [0.25, 0.3) is 0 Å². The van der Waals surface area contributed by atoms with Gasteiger partial charge in [0, 0.05) is 12.6 Å². The van der Waals surface area contributed by atoms with E-state index in [-0.39, 0.29) is 0 Å². The molecule has 0 aromatic heterocycles. The van der Waals surface area contributed by atoms with Gasteiger partial charge in [0.1, 0.15) is 5.75 Å². The van der Waals surface area contributed by atoms with E-state index in [1.165, 1.54) is 70.1 Å². The summed E-state index contributed by atoms with van der Waals surface area (Å²) >= 11 is 0. The number of fused-ring (bicyclic) bond motifs is 1. The van der Waals surface area contributed by atoms with Crippen LogP contribution in [0, 0.1) is 5.92 Å². The molecule has 1 aromatic rings. The van der Waals surface area contributed by atoms with E-state index in [2.05, 4.69) is 28.4 Å². The van der Waals surface area contributed by atoms with Crippen LogP contribution in [0.3, 0.4) is 0 Å². The lowest BCUT2D eigenvalue weighted by Gasteiger charge is -2.28. The first kappa shape index (κ1) is 16.4. The van der Waals surface area contributed by atoms with E-state index in [0.717, 1.165) is 37.3 Å². The molecule has 1 N–H and O–H groups in total. The van der Waals surface area contributed by atoms with Crippen molar-refractivity contribution in [2.45, 2.75) is 57.4 Å². The fraction of sp³-hybridized carbons (Fsp3) is 0.714. The SMILES string of the molecule is c1cc2c(cc1OCCCNC1CC1)CCC(CN1CCCC1)C2. The molecule has 132 valence electrons. The van der Waals surface area contributed by atoms with E-state index >= 15 is 0 Å². The first-order valence-electron chi connectivity index (χ1n) is 10.1. The van der Waals surface area contributed by atoms with Gasteiger partial charge in [-0.25, -0.2) is 0 Å². The van der Waals surface area contributed by atoms with Crippen LogP contribution in [0.15, 0.2) is 18.2 Å². The normalized spacial score (nSPS) is 24.1. The number of aryl methyl sites for hydroxylation is 1. The summed E-state index contributed by atoms with van der Waals surface area (Å²) in [6.45, 7) is 5.88. The van der Waals surface area contributed by atoms with E-state index in [1.807, 2.05) is 0 Å². The van der Waals surface area contributed by atoms with Crippen molar-refractivity contribution in [2.24, 2.45) is 5.92 Å². The number of hydrogen-bond donors (Lipinski definition) is 1. The van der Waals surface area contributed by atoms with Gasteiger partial charge >= 0.3 is 0 Å². The molecule has 24 heavy (non-hydrogen) atoms. The standard InChI is InChI=1S/C21H32N2O/c1-2-12-23(11-1)16-17-4-5-19-15-21(9-6-18(19)14-17)24-13-3-10-22-20-7-8-20/h6,9,15,17,20,22H,1-5,7-8,10-14,16H2. The van der Waals surface area contributed by atoms with Crippen LogP contribution < -0.4 is 10.1 Å². The van der Waals surface area contributed by atoms with E-state index in [4.69, 9.17) is 4.74 Å². The lowest BCUT2D eigenvalue weighted by atomic mass is 9.83. The number of benzene rings is 1. The summed E-state index contributed by atoms with van der Waals surface area (Å²) in [5.74, 6) is 1.93. The zero-order valence-corrected chi connectivity index (χ0v) is 14.9. The fourth-order valence-electron chi connectivity index (χ4n) is 4.24. The second kappa shape index (κ2) is 7.88. The zero-order chi connectivity index (χ0) is 16.2. The first-order valence-corrected chi connectivity index (χ1v) is 10.1. The highest BCUT2D eigenvalue weighted by atomic mass is 16.5. The minimum atomic E-state index is 0.808. The number of likely N-dealkylation sites (tertiary alicyclic amines) is 1. The quantitative estimate of drug-likeness (QED) is 0.740. The van der Waals surface area contributed by atoms with Crippen molar-refractivity contribution in [3.8, 4) is 5.75 Å². The summed E-state index contributed by atoms with van der Waals surface area (Å²) in [7, 11) is 0. The summed E-state index contributed by atoms with van der Waals surface area (Å²) in [4.78, 5) is 2.67. The van der Waals surface area contributed by atoms with Crippen LogP contribution in [0.4, 0.5) is 0 Å². The molecule has 1 atom stereocenters. The lowest BCUT2D eigenvalue weighted by Crippen LogP contribution is -2.30. The smallest absolute Gasteiger partial charge is 0.119 e. The van der Waals surface area contributed by atoms with E-state index < -0.39 is 0 Å². The van der Waals surface area contributed by atoms with Gasteiger partial charge in [0.05, 0.1) is 6.61 Å². The topological polar surface area (TPSA) is 24.5 Å². The van der Waals surface area contributed by atoms with Crippen molar-refractivity contribution in [1.82, 2.24) is 10.2 Å². The molecule has 4 rings (SSSR count). The molecule has 1 unspecified atom stereocenters. The highest BCUT2D eigenvalue weighted by Gasteiger charge is 2.23. The molecule has 3 heteroatoms. The molecule has 1 heterocycles. The third-order valence-electron chi connectivity index (χ3n) is 5.82. The minimum Gasteiger partial charge on any atom is -0.494 e. The van der Waals surface area contributed by atoms with Crippen LogP contribution in [-0.4, -0.2) is 43.7 Å². The Morgan fingerprint density at radius 3 is 2.79 bits per heavy atom. The largest absolute Gasteiger partial charge is 0.494 e. The summed E-state index contributed by atoms with van der Waals surface area (Å²) in [6.07, 6.45) is 10.5. The van der Waals surface area contributed by atoms with Gasteiger partial charge in [-0.2, -0.15) is 0 Å². The van der Waals surface area contributed by atoms with Gasteiger partial charge in [-0.3, -0.25) is 0 Å². The highest BCUT2D eigenvalue weighted by molar-refractivity contribution is 5.37. The number of nitrogens with one attached hydrogen (secondary N) is 1. The predicted molar refractivity (Wildman–Crippen MR) is 98.8 cm³/mol. The third-order valence-corrected chi connectivity index (χ3v) is 5.82. The molecule has 3 aliphatic rings. The second-order valence-electron chi connectivity index (χ2n) is 7.98. The van der Waals surface area contributed by atoms with Crippen LogP contribution >= 0.6 is 0 Å². The molecule has 1 aromatic carbocycles. The van der Waals surface area contributed by atoms with Gasteiger partial charge in [0.2, 0.25) is 0 Å². The van der Waals surface area contributed by atoms with Crippen LogP contribution in [-0.2, 0) is 12.8 Å². The number of rotatable bonds is 8. The average Bonchev–Trinajstić information content (AvgIpc) is 3.29. The van der Waals surface area contributed by atoms with Gasteiger partial charge in [-0.15, -0.1) is 0 Å². The molecule has 0 amide bonds. The molecule has 1 saturated carbocycles. The predicted octanol–water partition coefficient (Wildman–Crippen LogP) is 3.41. The Labute approximate surface area is 146 Å². The molecule has 2 fully saturated rings. The van der Waals surface area contributed by atoms with Gasteiger partial charge in [0.15, 0.2) is 0 Å². The third kappa shape index (κ3) is 4.52. The van der Waals surface area contributed by atoms with E-state index in [9.17, 15) is 0 Å². The van der Waals surface area contributed by atoms with Crippen LogP contribution in [0.1, 0.15) is 49.7 Å². The monoisotopic (exact) mass is 328 g/mol. The van der Waals surface area contributed by atoms with E-state index in [1.54, 1.807) is 5.56 Å². The molecular formula is C21H32N2O. The Kier molecular flexibility index (Phi) is 5.39. The Balaban J connectivity index is 1.23. The molecule has 1 saturated heterocycles. The maximum absolute atomic E-state index is 5.96. The number of hydrogen-bond acceptors (Lipinski definition) is 3. The summed E-state index contributed by atoms with van der Waals surface area (Å²) < 4.78 is 5.96. The number of nitrogens with zero attached hydrogens (tertiary/aromatic N) is 1. The summed E-state index contributed by atoms with van der Waals surface area (Å²) in [5, 5.41) is 3.54. The van der Waals surface area contributed by atoms with Crippen molar-refractivity contribution < 1.29 is 4.74 Å². The highest BCUT2D eigenvalue weighted by Crippen LogP contribution is 2.29. The number of ether oxygens (including phenoxy) is 1. The molecule has 0 bridgehead atoms. The summed E-state index contributed by atoms with van der Waals surface area (Å²) in [6, 6.07) is 7.62. The molecule has 0 radical (unpaired) electrons. The molecule has 3 nitrogen and oxygen atoms in total. The van der Waals surface area contributed by atoms with Crippen molar-refractivity contribution >= 4 is 0 Å². The van der Waals surface area contributed by atoms with Gasteiger partial charge in [0.25, 0.3) is 0 Å². The maximum atomic E-state index is 5.96. The molecule has 1 aliphatic heterocycles. The van der Waals surface area contributed by atoms with Crippen LogP contribution in [0.2, 0.25) is 0 Å². The van der Waals surface area contributed by atoms with Gasteiger partial charge in [-0.05, 0) is 100 Å². The minimum absolute atomic E-state index is 0.808. The Bertz CT molecular complexity index is 535. The zero-order valence-electron chi connectivity index (χ0n) is 14.9. The lowest BCUT2D eigenvalue weighted by molar-refractivity contribution is 0.261. The van der Waals surface area contributed by atoms with Gasteiger partial charge < -0.3 is 15.0 Å². The van der Waals surface area contributed by atoms with Gasteiger partial charge in [-0.1, -0.05) is 6.07 Å².